The maximum Gasteiger partial charge on any atom is 0.243 e. The van der Waals surface area contributed by atoms with Crippen molar-refractivity contribution < 1.29 is 22.7 Å². The van der Waals surface area contributed by atoms with E-state index in [9.17, 15) is 13.2 Å². The lowest BCUT2D eigenvalue weighted by molar-refractivity contribution is -0.129. The molecule has 172 valence electrons. The van der Waals surface area contributed by atoms with Gasteiger partial charge in [0.05, 0.1) is 23.9 Å². The number of amides is 1. The molecule has 0 bridgehead atoms. The van der Waals surface area contributed by atoms with Gasteiger partial charge in [-0.2, -0.15) is 4.31 Å². The van der Waals surface area contributed by atoms with Crippen LogP contribution in [0.1, 0.15) is 17.5 Å². The van der Waals surface area contributed by atoms with E-state index in [0.29, 0.717) is 43.6 Å². The lowest BCUT2D eigenvalue weighted by Gasteiger charge is -2.34. The molecule has 2 heterocycles. The molecule has 0 radical (unpaired) electrons. The predicted molar refractivity (Wildman–Crippen MR) is 124 cm³/mol. The van der Waals surface area contributed by atoms with Crippen molar-refractivity contribution in [1.29, 1.82) is 0 Å². The van der Waals surface area contributed by atoms with E-state index in [1.54, 1.807) is 17.0 Å². The number of benzene rings is 2. The van der Waals surface area contributed by atoms with E-state index in [-0.39, 0.29) is 23.9 Å². The Morgan fingerprint density at radius 2 is 1.66 bits per heavy atom. The number of rotatable bonds is 5. The number of nitrogens with zero attached hydrogens (tertiary/aromatic N) is 2. The second kappa shape index (κ2) is 9.72. The topological polar surface area (TPSA) is 76.2 Å². The number of hydrogen-bond acceptors (Lipinski definition) is 6. The number of sulfonamides is 1. The molecule has 0 aliphatic carbocycles. The van der Waals surface area contributed by atoms with E-state index in [4.69, 9.17) is 9.47 Å². The monoisotopic (exact) mass is 476 g/mol. The van der Waals surface area contributed by atoms with Gasteiger partial charge in [-0.05, 0) is 49.2 Å². The molecule has 0 spiro atoms. The standard InChI is InChI=1S/C23H28N2O5S2/c1-17-4-5-19(14-18(17)2)31-16-23(26)24-8-10-25(11-9-24)32(27,28)20-6-7-21-22(15-20)30-13-3-12-29-21/h4-7,14-15H,3,8-13,16H2,1-2H3. The van der Waals surface area contributed by atoms with Crippen molar-refractivity contribution in [3.05, 3.63) is 47.5 Å². The summed E-state index contributed by atoms with van der Waals surface area (Å²) in [6.07, 6.45) is 0.758. The number of aryl methyl sites for hydroxylation is 2. The van der Waals surface area contributed by atoms with E-state index < -0.39 is 10.0 Å². The molecule has 1 fully saturated rings. The second-order valence-corrected chi connectivity index (χ2v) is 11.0. The van der Waals surface area contributed by atoms with Crippen LogP contribution >= 0.6 is 11.8 Å². The maximum atomic E-state index is 13.1. The third-order valence-electron chi connectivity index (χ3n) is 5.79. The minimum absolute atomic E-state index is 0.0286. The van der Waals surface area contributed by atoms with Crippen molar-refractivity contribution in [3.63, 3.8) is 0 Å². The van der Waals surface area contributed by atoms with Crippen LogP contribution in [0.15, 0.2) is 46.2 Å². The highest BCUT2D eigenvalue weighted by atomic mass is 32.2. The van der Waals surface area contributed by atoms with Crippen molar-refractivity contribution in [2.24, 2.45) is 0 Å². The lowest BCUT2D eigenvalue weighted by Crippen LogP contribution is -2.50. The molecule has 2 aromatic carbocycles. The van der Waals surface area contributed by atoms with Gasteiger partial charge in [-0.25, -0.2) is 8.42 Å². The number of thioether (sulfide) groups is 1. The molecule has 1 saturated heterocycles. The average molecular weight is 477 g/mol. The molecule has 9 heteroatoms. The van der Waals surface area contributed by atoms with Crippen LogP contribution in [0.25, 0.3) is 0 Å². The number of piperazine rings is 1. The molecule has 0 N–H and O–H groups in total. The normalized spacial score (nSPS) is 17.1. The average Bonchev–Trinajstić information content (AvgIpc) is 3.04. The fourth-order valence-electron chi connectivity index (χ4n) is 3.67. The summed E-state index contributed by atoms with van der Waals surface area (Å²) >= 11 is 1.51. The van der Waals surface area contributed by atoms with Crippen LogP contribution in [0.4, 0.5) is 0 Å². The Bertz CT molecular complexity index is 1100. The van der Waals surface area contributed by atoms with Gasteiger partial charge in [-0.3, -0.25) is 4.79 Å². The van der Waals surface area contributed by atoms with E-state index >= 15 is 0 Å². The molecule has 0 aromatic heterocycles. The SMILES string of the molecule is Cc1ccc(SCC(=O)N2CCN(S(=O)(=O)c3ccc4c(c3)OCCCO4)CC2)cc1C. The van der Waals surface area contributed by atoms with Crippen LogP contribution in [-0.4, -0.2) is 68.7 Å². The van der Waals surface area contributed by atoms with Crippen molar-refractivity contribution >= 4 is 27.7 Å². The first kappa shape index (κ1) is 22.9. The molecule has 0 saturated carbocycles. The highest BCUT2D eigenvalue weighted by Gasteiger charge is 2.31. The molecule has 1 amide bonds. The molecular formula is C23H28N2O5S2. The highest BCUT2D eigenvalue weighted by Crippen LogP contribution is 2.33. The van der Waals surface area contributed by atoms with E-state index in [1.807, 2.05) is 6.07 Å². The molecule has 0 atom stereocenters. The number of carbonyl (C=O) groups is 1. The molecule has 4 rings (SSSR count). The molecule has 0 unspecified atom stereocenters. The Morgan fingerprint density at radius 1 is 0.938 bits per heavy atom. The van der Waals surface area contributed by atoms with Gasteiger partial charge in [0.2, 0.25) is 15.9 Å². The van der Waals surface area contributed by atoms with Gasteiger partial charge in [0.1, 0.15) is 0 Å². The molecule has 7 nitrogen and oxygen atoms in total. The Hall–Kier alpha value is -2.23. The number of carbonyl (C=O) groups excluding carboxylic acids is 1. The van der Waals surface area contributed by atoms with Gasteiger partial charge in [0.15, 0.2) is 11.5 Å². The number of ether oxygens (including phenoxy) is 2. The lowest BCUT2D eigenvalue weighted by atomic mass is 10.1. The van der Waals surface area contributed by atoms with E-state index in [0.717, 1.165) is 11.3 Å². The Morgan fingerprint density at radius 3 is 2.38 bits per heavy atom. The summed E-state index contributed by atoms with van der Waals surface area (Å²) < 4.78 is 38.9. The van der Waals surface area contributed by atoms with Gasteiger partial charge in [0.25, 0.3) is 0 Å². The van der Waals surface area contributed by atoms with Crippen LogP contribution < -0.4 is 9.47 Å². The Balaban J connectivity index is 1.34. The summed E-state index contributed by atoms with van der Waals surface area (Å²) in [5, 5.41) is 0. The summed E-state index contributed by atoms with van der Waals surface area (Å²) in [6.45, 7) is 6.49. The molecule has 2 aliphatic heterocycles. The summed E-state index contributed by atoms with van der Waals surface area (Å²) in [5.74, 6) is 1.40. The van der Waals surface area contributed by atoms with E-state index in [2.05, 4.69) is 26.0 Å². The van der Waals surface area contributed by atoms with Gasteiger partial charge in [-0.1, -0.05) is 6.07 Å². The molecular weight excluding hydrogens is 448 g/mol. The fourth-order valence-corrected chi connectivity index (χ4v) is 6.01. The minimum Gasteiger partial charge on any atom is -0.490 e. The van der Waals surface area contributed by atoms with Gasteiger partial charge in [0, 0.05) is 43.6 Å². The zero-order valence-electron chi connectivity index (χ0n) is 18.4. The molecule has 2 aliphatic rings. The summed E-state index contributed by atoms with van der Waals surface area (Å²) in [4.78, 5) is 15.6. The first-order valence-electron chi connectivity index (χ1n) is 10.7. The predicted octanol–water partition coefficient (Wildman–Crippen LogP) is 3.09. The summed E-state index contributed by atoms with van der Waals surface area (Å²) in [6, 6.07) is 10.9. The molecule has 32 heavy (non-hydrogen) atoms. The number of fused-ring (bicyclic) bond motifs is 1. The smallest absolute Gasteiger partial charge is 0.243 e. The van der Waals surface area contributed by atoms with Crippen LogP contribution in [0, 0.1) is 13.8 Å². The molecule has 2 aromatic rings. The zero-order valence-corrected chi connectivity index (χ0v) is 20.0. The highest BCUT2D eigenvalue weighted by molar-refractivity contribution is 8.00. The van der Waals surface area contributed by atoms with Gasteiger partial charge >= 0.3 is 0 Å². The fraction of sp³-hybridized carbons (Fsp3) is 0.435. The van der Waals surface area contributed by atoms with Crippen LogP contribution in [0.5, 0.6) is 11.5 Å². The largest absolute Gasteiger partial charge is 0.490 e. The third-order valence-corrected chi connectivity index (χ3v) is 8.66. The van der Waals surface area contributed by atoms with Crippen LogP contribution in [-0.2, 0) is 14.8 Å². The van der Waals surface area contributed by atoms with Gasteiger partial charge in [-0.15, -0.1) is 11.8 Å². The Kier molecular flexibility index (Phi) is 6.97. The first-order chi connectivity index (χ1) is 15.3. The zero-order chi connectivity index (χ0) is 22.7. The maximum absolute atomic E-state index is 13.1. The van der Waals surface area contributed by atoms with Crippen molar-refractivity contribution in [2.75, 3.05) is 45.1 Å². The second-order valence-electron chi connectivity index (χ2n) is 7.98. The van der Waals surface area contributed by atoms with Crippen molar-refractivity contribution in [3.8, 4) is 11.5 Å². The number of hydrogen-bond donors (Lipinski definition) is 0. The van der Waals surface area contributed by atoms with Crippen molar-refractivity contribution in [2.45, 2.75) is 30.1 Å². The van der Waals surface area contributed by atoms with Crippen molar-refractivity contribution in [1.82, 2.24) is 9.21 Å². The van der Waals surface area contributed by atoms with Crippen LogP contribution in [0.3, 0.4) is 0 Å². The van der Waals surface area contributed by atoms with Gasteiger partial charge < -0.3 is 14.4 Å². The summed E-state index contributed by atoms with van der Waals surface area (Å²) in [7, 11) is -3.67. The first-order valence-corrected chi connectivity index (χ1v) is 13.1. The Labute approximate surface area is 193 Å². The quantitative estimate of drug-likeness (QED) is 0.618. The third kappa shape index (κ3) is 5.05. The minimum atomic E-state index is -3.67. The van der Waals surface area contributed by atoms with E-state index in [1.165, 1.54) is 33.3 Å². The van der Waals surface area contributed by atoms with Crippen LogP contribution in [0.2, 0.25) is 0 Å². The summed E-state index contributed by atoms with van der Waals surface area (Å²) in [5.41, 5.74) is 2.43.